The molecule has 5 nitrogen and oxygen atoms in total. The summed E-state index contributed by atoms with van der Waals surface area (Å²) in [6.45, 7) is 2.70. The second-order valence-electron chi connectivity index (χ2n) is 3.46. The lowest BCUT2D eigenvalue weighted by Crippen LogP contribution is -2.31. The lowest BCUT2D eigenvalue weighted by molar-refractivity contribution is 0.354. The number of benzene rings is 1. The van der Waals surface area contributed by atoms with Crippen molar-refractivity contribution in [2.45, 2.75) is 6.92 Å². The van der Waals surface area contributed by atoms with Crippen molar-refractivity contribution in [1.29, 1.82) is 0 Å². The van der Waals surface area contributed by atoms with Gasteiger partial charge in [-0.1, -0.05) is 15.9 Å². The molecule has 7 heteroatoms. The number of hydrogen-bond acceptors (Lipinski definition) is 4. The highest BCUT2D eigenvalue weighted by molar-refractivity contribution is 9.10. The van der Waals surface area contributed by atoms with Crippen LogP contribution in [0.15, 0.2) is 21.7 Å². The van der Waals surface area contributed by atoms with Crippen LogP contribution >= 0.6 is 28.1 Å². The number of nitrogens with zero attached hydrogens (tertiary/aromatic N) is 1. The van der Waals surface area contributed by atoms with Crippen molar-refractivity contribution >= 4 is 39.5 Å². The monoisotopic (exact) mass is 345 g/mol. The molecule has 0 fully saturated rings. The standard InChI is InChI=1S/C12H16BrN3O2S/c1-4-14-12(19)16-15-7-8-5-9(13)6-10(17-2)11(8)18-3/h5-7H,4H2,1-3H3,(H2,14,16,19)/b15-7+. The summed E-state index contributed by atoms with van der Waals surface area (Å²) >= 11 is 8.41. The van der Waals surface area contributed by atoms with Gasteiger partial charge in [0.05, 0.1) is 20.4 Å². The summed E-state index contributed by atoms with van der Waals surface area (Å²) in [6, 6.07) is 3.70. The molecule has 0 amide bonds. The number of hydrogen-bond donors (Lipinski definition) is 2. The number of halogens is 1. The minimum atomic E-state index is 0.472. The van der Waals surface area contributed by atoms with E-state index in [1.54, 1.807) is 20.4 Å². The Labute approximate surface area is 126 Å². The number of ether oxygens (including phenoxy) is 2. The Morgan fingerprint density at radius 1 is 1.42 bits per heavy atom. The number of thiocarbonyl (C=S) groups is 1. The SMILES string of the molecule is CCNC(=S)N/N=C/c1cc(Br)cc(OC)c1OC. The second kappa shape index (κ2) is 7.96. The Bertz CT molecular complexity index is 480. The quantitative estimate of drug-likeness (QED) is 0.487. The summed E-state index contributed by atoms with van der Waals surface area (Å²) in [4.78, 5) is 0. The van der Waals surface area contributed by atoms with E-state index in [2.05, 4.69) is 31.8 Å². The van der Waals surface area contributed by atoms with Gasteiger partial charge in [0.2, 0.25) is 0 Å². The Balaban J connectivity index is 2.90. The molecule has 0 aliphatic heterocycles. The van der Waals surface area contributed by atoms with Crippen LogP contribution in [0, 0.1) is 0 Å². The van der Waals surface area contributed by atoms with Crippen LogP contribution in [-0.2, 0) is 0 Å². The lowest BCUT2D eigenvalue weighted by Gasteiger charge is -2.11. The minimum Gasteiger partial charge on any atom is -0.493 e. The first-order valence-electron chi connectivity index (χ1n) is 5.60. The molecule has 0 radical (unpaired) electrons. The topological polar surface area (TPSA) is 54.9 Å². The van der Waals surface area contributed by atoms with Gasteiger partial charge < -0.3 is 14.8 Å². The maximum absolute atomic E-state index is 5.31. The third-order valence-electron chi connectivity index (χ3n) is 2.18. The predicted molar refractivity (Wildman–Crippen MR) is 84.3 cm³/mol. The molecule has 0 atom stereocenters. The molecule has 0 aliphatic rings. The average molecular weight is 346 g/mol. The van der Waals surface area contributed by atoms with Crippen molar-refractivity contribution in [2.75, 3.05) is 20.8 Å². The van der Waals surface area contributed by atoms with Gasteiger partial charge in [-0.2, -0.15) is 5.10 Å². The van der Waals surface area contributed by atoms with Crippen LogP contribution in [0.1, 0.15) is 12.5 Å². The first-order valence-corrected chi connectivity index (χ1v) is 6.80. The van der Waals surface area contributed by atoms with E-state index >= 15 is 0 Å². The normalized spacial score (nSPS) is 10.3. The van der Waals surface area contributed by atoms with E-state index in [4.69, 9.17) is 21.7 Å². The van der Waals surface area contributed by atoms with Gasteiger partial charge in [-0.05, 0) is 31.3 Å². The zero-order valence-corrected chi connectivity index (χ0v) is 13.4. The van der Waals surface area contributed by atoms with E-state index in [0.717, 1.165) is 16.6 Å². The number of methoxy groups -OCH3 is 2. The fourth-order valence-corrected chi connectivity index (χ4v) is 2.07. The highest BCUT2D eigenvalue weighted by atomic mass is 79.9. The minimum absolute atomic E-state index is 0.472. The summed E-state index contributed by atoms with van der Waals surface area (Å²) in [5.41, 5.74) is 3.50. The molecule has 0 unspecified atom stereocenters. The van der Waals surface area contributed by atoms with Gasteiger partial charge >= 0.3 is 0 Å². The highest BCUT2D eigenvalue weighted by Crippen LogP contribution is 2.33. The van der Waals surface area contributed by atoms with Crippen LogP contribution in [-0.4, -0.2) is 32.1 Å². The summed E-state index contributed by atoms with van der Waals surface area (Å²) in [5, 5.41) is 7.46. The molecule has 19 heavy (non-hydrogen) atoms. The smallest absolute Gasteiger partial charge is 0.186 e. The summed E-state index contributed by atoms with van der Waals surface area (Å²) in [5.74, 6) is 1.25. The molecule has 0 aromatic heterocycles. The maximum Gasteiger partial charge on any atom is 0.186 e. The van der Waals surface area contributed by atoms with Crippen molar-refractivity contribution in [3.63, 3.8) is 0 Å². The van der Waals surface area contributed by atoms with Crippen LogP contribution < -0.4 is 20.2 Å². The molecule has 0 saturated carbocycles. The van der Waals surface area contributed by atoms with E-state index in [9.17, 15) is 0 Å². The fourth-order valence-electron chi connectivity index (χ4n) is 1.42. The van der Waals surface area contributed by atoms with E-state index in [0.29, 0.717) is 16.6 Å². The fraction of sp³-hybridized carbons (Fsp3) is 0.333. The van der Waals surface area contributed by atoms with E-state index in [1.165, 1.54) is 0 Å². The van der Waals surface area contributed by atoms with Gasteiger partial charge in [0.1, 0.15) is 0 Å². The average Bonchev–Trinajstić information content (AvgIpc) is 2.38. The van der Waals surface area contributed by atoms with Gasteiger partial charge in [-0.3, -0.25) is 5.43 Å². The van der Waals surface area contributed by atoms with Crippen LogP contribution in [0.5, 0.6) is 11.5 Å². The Morgan fingerprint density at radius 3 is 2.74 bits per heavy atom. The zero-order valence-electron chi connectivity index (χ0n) is 11.0. The third-order valence-corrected chi connectivity index (χ3v) is 2.87. The molecule has 0 bridgehead atoms. The van der Waals surface area contributed by atoms with E-state index in [-0.39, 0.29) is 0 Å². The molecule has 1 rings (SSSR count). The molecule has 2 N–H and O–H groups in total. The molecular weight excluding hydrogens is 330 g/mol. The largest absolute Gasteiger partial charge is 0.493 e. The van der Waals surface area contributed by atoms with E-state index < -0.39 is 0 Å². The van der Waals surface area contributed by atoms with Gasteiger partial charge in [-0.15, -0.1) is 0 Å². The molecule has 0 spiro atoms. The second-order valence-corrected chi connectivity index (χ2v) is 4.78. The molecule has 104 valence electrons. The zero-order chi connectivity index (χ0) is 14.3. The van der Waals surface area contributed by atoms with Gasteiger partial charge in [0.25, 0.3) is 0 Å². The van der Waals surface area contributed by atoms with Crippen molar-refractivity contribution < 1.29 is 9.47 Å². The first-order chi connectivity index (χ1) is 9.12. The maximum atomic E-state index is 5.31. The highest BCUT2D eigenvalue weighted by Gasteiger charge is 2.10. The van der Waals surface area contributed by atoms with Crippen molar-refractivity contribution in [3.05, 3.63) is 22.2 Å². The van der Waals surface area contributed by atoms with Crippen LogP contribution in [0.25, 0.3) is 0 Å². The summed E-state index contributed by atoms with van der Waals surface area (Å²) in [6.07, 6.45) is 1.62. The Morgan fingerprint density at radius 2 is 2.16 bits per heavy atom. The van der Waals surface area contributed by atoms with Crippen LogP contribution in [0.4, 0.5) is 0 Å². The Kier molecular flexibility index (Phi) is 6.58. The molecule has 0 heterocycles. The molecule has 0 aliphatic carbocycles. The predicted octanol–water partition coefficient (Wildman–Crippen LogP) is 2.28. The number of nitrogens with one attached hydrogen (secondary N) is 2. The number of rotatable bonds is 5. The third kappa shape index (κ3) is 4.68. The summed E-state index contributed by atoms with van der Waals surface area (Å²) < 4.78 is 11.4. The van der Waals surface area contributed by atoms with Gasteiger partial charge in [0.15, 0.2) is 16.6 Å². The molecule has 1 aromatic rings. The van der Waals surface area contributed by atoms with Crippen LogP contribution in [0.3, 0.4) is 0 Å². The van der Waals surface area contributed by atoms with Crippen molar-refractivity contribution in [1.82, 2.24) is 10.7 Å². The number of hydrazone groups is 1. The molecule has 0 saturated heterocycles. The summed E-state index contributed by atoms with van der Waals surface area (Å²) in [7, 11) is 3.17. The van der Waals surface area contributed by atoms with E-state index in [1.807, 2.05) is 19.1 Å². The van der Waals surface area contributed by atoms with Gasteiger partial charge in [-0.25, -0.2) is 0 Å². The van der Waals surface area contributed by atoms with Crippen molar-refractivity contribution in [2.24, 2.45) is 5.10 Å². The molecular formula is C12H16BrN3O2S. The Hall–Kier alpha value is -1.34. The van der Waals surface area contributed by atoms with Gasteiger partial charge in [0, 0.05) is 16.6 Å². The van der Waals surface area contributed by atoms with Crippen LogP contribution in [0.2, 0.25) is 0 Å². The first kappa shape index (κ1) is 15.7. The lowest BCUT2D eigenvalue weighted by atomic mass is 10.2. The van der Waals surface area contributed by atoms with Crippen molar-refractivity contribution in [3.8, 4) is 11.5 Å². The molecule has 1 aromatic carbocycles.